The summed E-state index contributed by atoms with van der Waals surface area (Å²) in [7, 11) is 0. The van der Waals surface area contributed by atoms with Gasteiger partial charge in [-0.3, -0.25) is 4.79 Å². The lowest BCUT2D eigenvalue weighted by molar-refractivity contribution is 0.0849. The Morgan fingerprint density at radius 3 is 2.74 bits per heavy atom. The quantitative estimate of drug-likeness (QED) is 0.807. The molecule has 0 aliphatic heterocycles. The number of anilines is 1. The highest BCUT2D eigenvalue weighted by Gasteiger charge is 2.35. The summed E-state index contributed by atoms with van der Waals surface area (Å²) in [6.45, 7) is 5.91. The minimum Gasteiger partial charge on any atom is -0.360 e. The summed E-state index contributed by atoms with van der Waals surface area (Å²) in [5.74, 6) is -0.0956. The summed E-state index contributed by atoms with van der Waals surface area (Å²) in [6, 6.07) is 0. The number of rotatable bonds is 7. The molecular weight excluding hydrogens is 260 g/mol. The number of nitrogens with zero attached hydrogens (tertiary/aromatic N) is 2. The smallest absolute Gasteiger partial charge is 0.282 e. The third kappa shape index (κ3) is 3.43. The molecule has 19 heavy (non-hydrogen) atoms. The Balaban J connectivity index is 1.84. The molecule has 0 bridgehead atoms. The Bertz CT molecular complexity index is 423. The largest absolute Gasteiger partial charge is 0.360 e. The summed E-state index contributed by atoms with van der Waals surface area (Å²) in [5.41, 5.74) is 0.337. The van der Waals surface area contributed by atoms with Crippen LogP contribution in [0.1, 0.15) is 55.8 Å². The maximum atomic E-state index is 12.0. The van der Waals surface area contributed by atoms with Gasteiger partial charge in [-0.15, -0.1) is 10.2 Å². The fourth-order valence-corrected chi connectivity index (χ4v) is 2.98. The second-order valence-corrected chi connectivity index (χ2v) is 6.21. The van der Waals surface area contributed by atoms with Crippen LogP contribution in [0.5, 0.6) is 0 Å². The van der Waals surface area contributed by atoms with Gasteiger partial charge in [-0.05, 0) is 31.1 Å². The van der Waals surface area contributed by atoms with Crippen molar-refractivity contribution in [3.63, 3.8) is 0 Å². The van der Waals surface area contributed by atoms with Crippen LogP contribution in [0.15, 0.2) is 0 Å². The zero-order valence-corrected chi connectivity index (χ0v) is 12.5. The predicted molar refractivity (Wildman–Crippen MR) is 77.6 cm³/mol. The van der Waals surface area contributed by atoms with E-state index in [0.717, 1.165) is 31.1 Å². The van der Waals surface area contributed by atoms with Crippen LogP contribution < -0.4 is 10.6 Å². The van der Waals surface area contributed by atoms with Crippen molar-refractivity contribution in [2.24, 2.45) is 5.41 Å². The van der Waals surface area contributed by atoms with Crippen molar-refractivity contribution in [3.8, 4) is 0 Å². The van der Waals surface area contributed by atoms with Gasteiger partial charge in [0.15, 0.2) is 0 Å². The van der Waals surface area contributed by atoms with Crippen LogP contribution >= 0.6 is 11.3 Å². The molecule has 1 heterocycles. The van der Waals surface area contributed by atoms with E-state index in [0.29, 0.717) is 10.4 Å². The molecule has 0 spiro atoms. The first-order valence-electron chi connectivity index (χ1n) is 7.05. The Kier molecular flexibility index (Phi) is 4.74. The van der Waals surface area contributed by atoms with Crippen LogP contribution in [0.3, 0.4) is 0 Å². The molecule has 0 radical (unpaired) electrons. The number of hydrogen-bond donors (Lipinski definition) is 2. The minimum absolute atomic E-state index is 0.0956. The Hall–Kier alpha value is -1.17. The molecule has 5 nitrogen and oxygen atoms in total. The van der Waals surface area contributed by atoms with E-state index in [9.17, 15) is 4.79 Å². The van der Waals surface area contributed by atoms with Crippen molar-refractivity contribution >= 4 is 22.4 Å². The molecule has 106 valence electrons. The van der Waals surface area contributed by atoms with Gasteiger partial charge in [0.2, 0.25) is 10.1 Å². The average molecular weight is 282 g/mol. The van der Waals surface area contributed by atoms with Gasteiger partial charge in [-0.1, -0.05) is 31.6 Å². The number of aromatic nitrogens is 2. The second kappa shape index (κ2) is 6.32. The van der Waals surface area contributed by atoms with E-state index in [1.807, 2.05) is 0 Å². The fraction of sp³-hybridized carbons (Fsp3) is 0.769. The van der Waals surface area contributed by atoms with Crippen LogP contribution in [0.25, 0.3) is 0 Å². The first-order chi connectivity index (χ1) is 9.19. The highest BCUT2D eigenvalue weighted by molar-refractivity contribution is 7.17. The molecule has 1 aromatic rings. The van der Waals surface area contributed by atoms with Gasteiger partial charge >= 0.3 is 0 Å². The van der Waals surface area contributed by atoms with Crippen molar-refractivity contribution < 1.29 is 4.79 Å². The molecule has 0 unspecified atom stereocenters. The van der Waals surface area contributed by atoms with E-state index in [1.54, 1.807) is 0 Å². The molecule has 0 aromatic carbocycles. The monoisotopic (exact) mass is 282 g/mol. The molecular formula is C13H22N4OS. The van der Waals surface area contributed by atoms with E-state index in [2.05, 4.69) is 34.7 Å². The van der Waals surface area contributed by atoms with Crippen LogP contribution in [0, 0.1) is 5.41 Å². The Morgan fingerprint density at radius 1 is 1.37 bits per heavy atom. The highest BCUT2D eigenvalue weighted by atomic mass is 32.1. The lowest BCUT2D eigenvalue weighted by Crippen LogP contribution is -2.41. The molecule has 6 heteroatoms. The minimum atomic E-state index is -0.0956. The van der Waals surface area contributed by atoms with Gasteiger partial charge in [0.25, 0.3) is 5.91 Å². The van der Waals surface area contributed by atoms with Gasteiger partial charge in [0, 0.05) is 13.1 Å². The van der Waals surface area contributed by atoms with E-state index < -0.39 is 0 Å². The van der Waals surface area contributed by atoms with Crippen LogP contribution in [-0.2, 0) is 0 Å². The normalized spacial score (nSPS) is 16.7. The number of carbonyl (C=O) groups excluding carboxylic acids is 1. The summed E-state index contributed by atoms with van der Waals surface area (Å²) in [5, 5.41) is 15.2. The van der Waals surface area contributed by atoms with Crippen molar-refractivity contribution in [1.82, 2.24) is 15.5 Å². The lowest BCUT2D eigenvalue weighted by Gasteiger charge is -2.41. The maximum absolute atomic E-state index is 12.0. The molecule has 1 aliphatic rings. The number of nitrogens with one attached hydrogen (secondary N) is 2. The molecule has 1 fully saturated rings. The van der Waals surface area contributed by atoms with Gasteiger partial charge in [0.1, 0.15) is 0 Å². The Morgan fingerprint density at radius 2 is 2.16 bits per heavy atom. The van der Waals surface area contributed by atoms with Gasteiger partial charge in [0.05, 0.1) is 0 Å². The Labute approximate surface area is 118 Å². The van der Waals surface area contributed by atoms with Crippen molar-refractivity contribution in [2.75, 3.05) is 18.4 Å². The summed E-state index contributed by atoms with van der Waals surface area (Å²) < 4.78 is 0. The highest BCUT2D eigenvalue weighted by Crippen LogP contribution is 2.43. The first kappa shape index (κ1) is 14.2. The van der Waals surface area contributed by atoms with Crippen LogP contribution in [0.4, 0.5) is 5.13 Å². The standard InChI is InChI=1S/C13H22N4OS/c1-3-8-14-12-17-16-11(19-12)10(18)15-9-13(4-2)6-5-7-13/h3-9H2,1-2H3,(H,14,17)(H,15,18). The fourth-order valence-electron chi connectivity index (χ4n) is 2.29. The summed E-state index contributed by atoms with van der Waals surface area (Å²) in [6.07, 6.45) is 5.90. The number of hydrogen-bond acceptors (Lipinski definition) is 5. The van der Waals surface area contributed by atoms with Gasteiger partial charge in [-0.25, -0.2) is 0 Å². The zero-order valence-electron chi connectivity index (χ0n) is 11.7. The molecule has 1 saturated carbocycles. The topological polar surface area (TPSA) is 66.9 Å². The third-order valence-electron chi connectivity index (χ3n) is 3.93. The van der Waals surface area contributed by atoms with E-state index in [4.69, 9.17) is 0 Å². The lowest BCUT2D eigenvalue weighted by atomic mass is 9.67. The van der Waals surface area contributed by atoms with E-state index in [1.165, 1.54) is 30.6 Å². The molecule has 1 aromatic heterocycles. The molecule has 0 atom stereocenters. The van der Waals surface area contributed by atoms with E-state index in [-0.39, 0.29) is 5.91 Å². The van der Waals surface area contributed by atoms with Crippen molar-refractivity contribution in [2.45, 2.75) is 46.0 Å². The molecule has 2 N–H and O–H groups in total. The average Bonchev–Trinajstić information content (AvgIpc) is 2.84. The first-order valence-corrected chi connectivity index (χ1v) is 7.86. The van der Waals surface area contributed by atoms with Gasteiger partial charge < -0.3 is 10.6 Å². The van der Waals surface area contributed by atoms with Crippen LogP contribution in [0.2, 0.25) is 0 Å². The molecule has 1 aliphatic carbocycles. The van der Waals surface area contributed by atoms with E-state index >= 15 is 0 Å². The van der Waals surface area contributed by atoms with Gasteiger partial charge in [-0.2, -0.15) is 0 Å². The SMILES string of the molecule is CCCNc1nnc(C(=O)NCC2(CC)CCC2)s1. The second-order valence-electron chi connectivity index (χ2n) is 5.23. The summed E-state index contributed by atoms with van der Waals surface area (Å²) in [4.78, 5) is 12.0. The maximum Gasteiger partial charge on any atom is 0.282 e. The van der Waals surface area contributed by atoms with Crippen LogP contribution in [-0.4, -0.2) is 29.2 Å². The molecule has 1 amide bonds. The molecule has 2 rings (SSSR count). The number of carbonyl (C=O) groups is 1. The number of amides is 1. The third-order valence-corrected chi connectivity index (χ3v) is 4.81. The zero-order chi connectivity index (χ0) is 13.7. The van der Waals surface area contributed by atoms with Crippen molar-refractivity contribution in [3.05, 3.63) is 5.01 Å². The van der Waals surface area contributed by atoms with Crippen molar-refractivity contribution in [1.29, 1.82) is 0 Å². The summed E-state index contributed by atoms with van der Waals surface area (Å²) >= 11 is 1.32. The molecule has 0 saturated heterocycles. The predicted octanol–water partition coefficient (Wildman–Crippen LogP) is 2.67.